The van der Waals surface area contributed by atoms with Crippen molar-refractivity contribution >= 4 is 13.6 Å². The topological polar surface area (TPSA) is 33.5 Å². The van der Waals surface area contributed by atoms with Gasteiger partial charge in [-0.25, -0.2) is 11.1 Å². The maximum atomic E-state index is 2.41. The van der Waals surface area contributed by atoms with Crippen molar-refractivity contribution in [3.63, 3.8) is 0 Å². The smallest absolute Gasteiger partial charge is 1.00 e. The molecule has 20 heavy (non-hydrogen) atoms. The van der Waals surface area contributed by atoms with Crippen LogP contribution in [0.4, 0.5) is 0 Å². The average molecular weight is 412 g/mol. The average Bonchev–Trinajstić information content (AvgIpc) is 2.34. The van der Waals surface area contributed by atoms with Gasteiger partial charge in [0.1, 0.15) is 0 Å². The van der Waals surface area contributed by atoms with Crippen LogP contribution >= 0.6 is 0 Å². The summed E-state index contributed by atoms with van der Waals surface area (Å²) in [5, 5.41) is 1.67. The van der Waals surface area contributed by atoms with Gasteiger partial charge in [0.05, 0.1) is 0 Å². The third-order valence-electron chi connectivity index (χ3n) is 3.91. The zero-order valence-corrected chi connectivity index (χ0v) is 18.9. The molecule has 0 aromatic rings. The zero-order valence-electron chi connectivity index (χ0n) is 13.9. The van der Waals surface area contributed by atoms with E-state index in [1.807, 2.05) is 0 Å². The van der Waals surface area contributed by atoms with Crippen LogP contribution < -0.4 is 24.8 Å². The van der Waals surface area contributed by atoms with Crippen molar-refractivity contribution in [2.75, 3.05) is 0 Å². The Morgan fingerprint density at radius 3 is 1.60 bits per heavy atom. The van der Waals surface area contributed by atoms with E-state index in [0.717, 1.165) is 0 Å². The van der Waals surface area contributed by atoms with Gasteiger partial charge in [-0.15, -0.1) is 19.4 Å². The summed E-state index contributed by atoms with van der Waals surface area (Å²) in [5.74, 6) is 2.15. The van der Waals surface area contributed by atoms with Gasteiger partial charge in [-0.1, -0.05) is 44.0 Å². The quantitative estimate of drug-likeness (QED) is 0.418. The number of hydrogen-bond acceptors (Lipinski definition) is 0. The predicted octanol–water partition coefficient (Wildman–Crippen LogP) is -0.866. The summed E-state index contributed by atoms with van der Waals surface area (Å²) in [6.07, 6.45) is 0. The number of halogens is 2. The van der Waals surface area contributed by atoms with Crippen molar-refractivity contribution < 1.29 is 51.0 Å². The first kappa shape index (κ1) is 28.9. The fraction of sp³-hybridized carbons (Fsp3) is 0.600. The van der Waals surface area contributed by atoms with Crippen molar-refractivity contribution in [2.45, 2.75) is 54.6 Å². The molecule has 0 spiro atoms. The molecule has 0 aliphatic heterocycles. The van der Waals surface area contributed by atoms with Crippen molar-refractivity contribution in [1.29, 1.82) is 0 Å². The molecule has 0 aromatic heterocycles. The van der Waals surface area contributed by atoms with Crippen molar-refractivity contribution in [1.82, 2.24) is 0 Å². The van der Waals surface area contributed by atoms with Crippen LogP contribution in [0.3, 0.4) is 0 Å². The Morgan fingerprint density at radius 2 is 1.40 bits per heavy atom. The Bertz CT molecular complexity index is 408. The second-order valence-corrected chi connectivity index (χ2v) is 7.94. The molecule has 0 aromatic carbocycles. The van der Waals surface area contributed by atoms with Crippen LogP contribution in [-0.2, 0) is 26.2 Å². The van der Waals surface area contributed by atoms with E-state index in [2.05, 4.69) is 54.6 Å². The summed E-state index contributed by atoms with van der Waals surface area (Å²) < 4.78 is 0. The Balaban J connectivity index is -0.000000320. The third kappa shape index (κ3) is 5.57. The monoisotopic (exact) mass is 409 g/mol. The molecule has 0 saturated heterocycles. The van der Waals surface area contributed by atoms with Crippen LogP contribution in [0.25, 0.3) is 6.15 Å². The van der Waals surface area contributed by atoms with Gasteiger partial charge < -0.3 is 31.0 Å². The fourth-order valence-electron chi connectivity index (χ4n) is 2.81. The number of allylic oxidation sites excluding steroid dienone is 4. The Hall–Kier alpha value is 0.860. The standard InChI is InChI=1S/C15H25Si.2ClH.H2N.Zr/c1-9(2)15(16(7)8)14-12(5)10(3)11(4)13(14)6;;;;/h12H,1-8H3;2*1H;1H2;/q-1;;;-1;+4/p-2. The van der Waals surface area contributed by atoms with Gasteiger partial charge in [0, 0.05) is 0 Å². The Kier molecular flexibility index (Phi) is 16.5. The molecule has 0 amide bonds. The van der Waals surface area contributed by atoms with Crippen LogP contribution in [-0.4, -0.2) is 13.6 Å². The van der Waals surface area contributed by atoms with Gasteiger partial charge in [-0.05, 0) is 22.3 Å². The minimum atomic E-state index is -0.372. The van der Waals surface area contributed by atoms with Gasteiger partial charge in [-0.2, -0.15) is 5.57 Å². The molecule has 1 aliphatic carbocycles. The van der Waals surface area contributed by atoms with E-state index in [4.69, 9.17) is 0 Å². The van der Waals surface area contributed by atoms with E-state index in [9.17, 15) is 0 Å². The molecule has 1 atom stereocenters. The summed E-state index contributed by atoms with van der Waals surface area (Å²) in [7, 11) is -0.372. The van der Waals surface area contributed by atoms with Crippen LogP contribution in [0.5, 0.6) is 0 Å². The van der Waals surface area contributed by atoms with E-state index in [-0.39, 0.29) is 65.6 Å². The molecule has 1 unspecified atom stereocenters. The molecule has 5 heteroatoms. The van der Waals surface area contributed by atoms with Crippen molar-refractivity contribution in [3.8, 4) is 0 Å². The van der Waals surface area contributed by atoms with E-state index in [0.29, 0.717) is 5.92 Å². The Labute approximate surface area is 158 Å². The number of hydrogen-bond donors (Lipinski definition) is 0. The van der Waals surface area contributed by atoms with E-state index in [1.165, 1.54) is 17.1 Å². The molecule has 0 heterocycles. The van der Waals surface area contributed by atoms with Gasteiger partial charge >= 0.3 is 26.2 Å². The van der Waals surface area contributed by atoms with Crippen LogP contribution in [0.2, 0.25) is 13.1 Å². The first-order valence-electron chi connectivity index (χ1n) is 6.15. The molecule has 1 aliphatic rings. The second-order valence-electron chi connectivity index (χ2n) is 5.44. The van der Waals surface area contributed by atoms with E-state index >= 15 is 0 Å². The molecular formula is C15H27Cl2NSiZr. The summed E-state index contributed by atoms with van der Waals surface area (Å²) >= 11 is 0. The molecule has 1 nitrogen and oxygen atoms in total. The maximum Gasteiger partial charge on any atom is 4.00 e. The summed E-state index contributed by atoms with van der Waals surface area (Å²) in [5.41, 5.74) is 6.25. The molecular weight excluding hydrogens is 384 g/mol. The normalized spacial score (nSPS) is 16.5. The molecule has 1 rings (SSSR count). The van der Waals surface area contributed by atoms with Gasteiger partial charge in [0.15, 0.2) is 0 Å². The zero-order chi connectivity index (χ0) is 12.6. The minimum Gasteiger partial charge on any atom is -1.00 e. The number of rotatable bonds is 2. The largest absolute Gasteiger partial charge is 4.00 e. The fourth-order valence-corrected chi connectivity index (χ4v) is 4.75. The first-order valence-corrected chi connectivity index (χ1v) is 8.65. The summed E-state index contributed by atoms with van der Waals surface area (Å²) in [4.78, 5) is 0. The molecule has 0 fully saturated rings. The first-order chi connectivity index (χ1) is 7.29. The third-order valence-corrected chi connectivity index (χ3v) is 5.68. The van der Waals surface area contributed by atoms with E-state index in [1.54, 1.807) is 16.3 Å². The Morgan fingerprint density at radius 1 is 1.00 bits per heavy atom. The van der Waals surface area contributed by atoms with Crippen LogP contribution in [0.1, 0.15) is 41.5 Å². The predicted molar refractivity (Wildman–Crippen MR) is 82.6 cm³/mol. The van der Waals surface area contributed by atoms with Crippen LogP contribution in [0.15, 0.2) is 22.3 Å². The van der Waals surface area contributed by atoms with Crippen molar-refractivity contribution in [2.24, 2.45) is 5.92 Å². The maximum absolute atomic E-state index is 2.41. The summed E-state index contributed by atoms with van der Waals surface area (Å²) in [6.45, 7) is 18.6. The van der Waals surface area contributed by atoms with Gasteiger partial charge in [-0.3, -0.25) is 0 Å². The van der Waals surface area contributed by atoms with E-state index < -0.39 is 0 Å². The van der Waals surface area contributed by atoms with Gasteiger partial charge in [0.25, 0.3) is 0 Å². The van der Waals surface area contributed by atoms with Crippen molar-refractivity contribution in [3.05, 3.63) is 34.4 Å². The molecule has 0 radical (unpaired) electrons. The second kappa shape index (κ2) is 11.4. The summed E-state index contributed by atoms with van der Waals surface area (Å²) in [6, 6.07) is 0. The molecule has 114 valence electrons. The minimum absolute atomic E-state index is 0. The number of nitrogens with two attached hydrogens (primary N) is 1. The SMILES string of the molecule is CC1=C(C)C(C)C(C([C-](C)C)=[Si](C)C)=C1C.[Cl-].[Cl-].[NH2-].[Zr+4]. The van der Waals surface area contributed by atoms with Gasteiger partial charge in [0.2, 0.25) is 0 Å². The molecule has 0 saturated carbocycles. The van der Waals surface area contributed by atoms with Crippen LogP contribution in [0, 0.1) is 11.8 Å². The molecule has 0 bridgehead atoms. The molecule has 2 N–H and O–H groups in total.